The summed E-state index contributed by atoms with van der Waals surface area (Å²) in [6.45, 7) is 0. The van der Waals surface area contributed by atoms with Crippen LogP contribution in [-0.2, 0) is 0 Å². The van der Waals surface area contributed by atoms with Crippen molar-refractivity contribution >= 4 is 31.0 Å². The molecule has 2 aromatic rings. The Morgan fingerprint density at radius 2 is 1.92 bits per heavy atom. The van der Waals surface area contributed by atoms with Crippen LogP contribution in [-0.4, -0.2) is 48.1 Å². The fourth-order valence-electron chi connectivity index (χ4n) is 1.04. The Morgan fingerprint density at radius 1 is 1.17 bits per heavy atom. The quantitative estimate of drug-likeness (QED) is 0.537. The molecule has 2 rings (SSSR count). The summed E-state index contributed by atoms with van der Waals surface area (Å²) >= 11 is 0.859. The minimum atomic E-state index is 0.859. The van der Waals surface area contributed by atoms with Gasteiger partial charge < -0.3 is 0 Å². The summed E-state index contributed by atoms with van der Waals surface area (Å²) in [4.78, 5) is 0. The van der Waals surface area contributed by atoms with Crippen LogP contribution >= 0.6 is 0 Å². The average molecular weight is 168 g/mol. The van der Waals surface area contributed by atoms with Crippen LogP contribution in [0.4, 0.5) is 0 Å². The van der Waals surface area contributed by atoms with Crippen molar-refractivity contribution in [1.29, 1.82) is 0 Å². The zero-order chi connectivity index (χ0) is 8.39. The van der Waals surface area contributed by atoms with E-state index in [9.17, 15) is 0 Å². The number of benzene rings is 1. The first-order chi connectivity index (χ1) is 5.88. The summed E-state index contributed by atoms with van der Waals surface area (Å²) in [6.07, 6.45) is 0. The second-order valence-electron chi connectivity index (χ2n) is 2.47. The third-order valence-electron chi connectivity index (χ3n) is 1.63. The molecule has 1 aromatic heterocycles. The van der Waals surface area contributed by atoms with Crippen LogP contribution in [0.15, 0.2) is 30.3 Å². The van der Waals surface area contributed by atoms with Gasteiger partial charge >= 0.3 is 87.2 Å². The number of para-hydroxylation sites is 1. The molecular formula is C7H5N4Na. The molecule has 1 heterocycles. The SMILES string of the molecule is [Na][c]1nnnn1-c1ccccc1. The van der Waals surface area contributed by atoms with Gasteiger partial charge in [0.2, 0.25) is 0 Å². The topological polar surface area (TPSA) is 43.6 Å². The average Bonchev–Trinajstić information content (AvgIpc) is 2.53. The third kappa shape index (κ3) is 1.41. The van der Waals surface area contributed by atoms with Gasteiger partial charge in [0, 0.05) is 0 Å². The molecule has 0 saturated heterocycles. The molecule has 0 aliphatic heterocycles. The molecule has 0 radical (unpaired) electrons. The van der Waals surface area contributed by atoms with E-state index in [2.05, 4.69) is 15.5 Å². The van der Waals surface area contributed by atoms with E-state index in [1.54, 1.807) is 4.68 Å². The van der Waals surface area contributed by atoms with Crippen molar-refractivity contribution in [2.75, 3.05) is 0 Å². The number of tetrazole rings is 1. The molecular weight excluding hydrogens is 163 g/mol. The van der Waals surface area contributed by atoms with Crippen molar-refractivity contribution in [3.05, 3.63) is 30.3 Å². The van der Waals surface area contributed by atoms with Gasteiger partial charge in [-0.1, -0.05) is 0 Å². The van der Waals surface area contributed by atoms with E-state index >= 15 is 0 Å². The van der Waals surface area contributed by atoms with Crippen molar-refractivity contribution in [3.8, 4) is 5.69 Å². The molecule has 0 bridgehead atoms. The molecule has 0 unspecified atom stereocenters. The molecule has 0 amide bonds. The molecule has 12 heavy (non-hydrogen) atoms. The summed E-state index contributed by atoms with van der Waals surface area (Å²) in [5.41, 5.74) is 1.02. The van der Waals surface area contributed by atoms with Crippen molar-refractivity contribution in [3.63, 3.8) is 0 Å². The molecule has 0 aliphatic rings. The molecule has 0 fully saturated rings. The van der Waals surface area contributed by atoms with Crippen LogP contribution in [0.2, 0.25) is 0 Å². The van der Waals surface area contributed by atoms with Crippen LogP contribution < -0.4 is 3.07 Å². The Bertz CT molecular complexity index is 370. The summed E-state index contributed by atoms with van der Waals surface area (Å²) in [5, 5.41) is 11.3. The number of hydrogen-bond acceptors (Lipinski definition) is 3. The number of rotatable bonds is 1. The van der Waals surface area contributed by atoms with E-state index in [4.69, 9.17) is 0 Å². The Balaban J connectivity index is 2.51. The maximum absolute atomic E-state index is 3.88. The van der Waals surface area contributed by atoms with E-state index in [0.29, 0.717) is 0 Å². The second-order valence-corrected chi connectivity index (χ2v) is 3.37. The van der Waals surface area contributed by atoms with Crippen LogP contribution in [0.25, 0.3) is 5.69 Å². The van der Waals surface area contributed by atoms with Crippen molar-refractivity contribution in [1.82, 2.24) is 20.2 Å². The zero-order valence-electron chi connectivity index (χ0n) is 6.68. The van der Waals surface area contributed by atoms with E-state index in [1.807, 2.05) is 30.3 Å². The van der Waals surface area contributed by atoms with Gasteiger partial charge in [-0.25, -0.2) is 0 Å². The molecule has 0 aliphatic carbocycles. The normalized spacial score (nSPS) is 10.2. The Hall–Kier alpha value is -0.710. The Morgan fingerprint density at radius 3 is 2.50 bits per heavy atom. The molecule has 0 N–H and O–H groups in total. The molecule has 1 aromatic carbocycles. The summed E-state index contributed by atoms with van der Waals surface area (Å²) < 4.78 is 2.69. The van der Waals surface area contributed by atoms with Crippen LogP contribution in [0, 0.1) is 0 Å². The van der Waals surface area contributed by atoms with Gasteiger partial charge in [-0.05, 0) is 0 Å². The van der Waals surface area contributed by atoms with E-state index in [1.165, 1.54) is 0 Å². The standard InChI is InChI=1S/C7H5N4.Na/c1-2-4-7(5-3-1)11-6-8-9-10-11;/h1-5H;. The van der Waals surface area contributed by atoms with Crippen LogP contribution in [0.1, 0.15) is 0 Å². The molecule has 0 atom stereocenters. The maximum atomic E-state index is 3.88. The molecule has 0 saturated carbocycles. The second kappa shape index (κ2) is 3.35. The Labute approximate surface area is 87.0 Å². The fraction of sp³-hybridized carbons (Fsp3) is 0. The van der Waals surface area contributed by atoms with Gasteiger partial charge in [-0.3, -0.25) is 0 Å². The van der Waals surface area contributed by atoms with Crippen LogP contribution in [0.5, 0.6) is 0 Å². The van der Waals surface area contributed by atoms with E-state index in [0.717, 1.165) is 36.7 Å². The van der Waals surface area contributed by atoms with Gasteiger partial charge in [0.05, 0.1) is 0 Å². The fourth-order valence-corrected chi connectivity index (χ4v) is 1.48. The van der Waals surface area contributed by atoms with Crippen LogP contribution in [0.3, 0.4) is 0 Å². The summed E-state index contributed by atoms with van der Waals surface area (Å²) in [6, 6.07) is 9.88. The molecule has 4 nitrogen and oxygen atoms in total. The van der Waals surface area contributed by atoms with Gasteiger partial charge in [-0.15, -0.1) is 0 Å². The first-order valence-electron chi connectivity index (χ1n) is 3.68. The Kier molecular flexibility index (Phi) is 2.21. The van der Waals surface area contributed by atoms with Crippen molar-refractivity contribution in [2.45, 2.75) is 0 Å². The van der Waals surface area contributed by atoms with E-state index in [-0.39, 0.29) is 0 Å². The first kappa shape index (κ1) is 7.91. The summed E-state index contributed by atoms with van der Waals surface area (Å²) in [5.74, 6) is 0. The summed E-state index contributed by atoms with van der Waals surface area (Å²) in [7, 11) is 0. The van der Waals surface area contributed by atoms with Crippen molar-refractivity contribution in [2.24, 2.45) is 0 Å². The predicted octanol–water partition coefficient (Wildman–Crippen LogP) is -0.544. The van der Waals surface area contributed by atoms with Gasteiger partial charge in [-0.2, -0.15) is 0 Å². The van der Waals surface area contributed by atoms with Gasteiger partial charge in [0.25, 0.3) is 0 Å². The first-order valence-corrected chi connectivity index (χ1v) is 4.68. The third-order valence-corrected chi connectivity index (χ3v) is 2.25. The van der Waals surface area contributed by atoms with E-state index < -0.39 is 0 Å². The minimum absolute atomic E-state index is 0.859. The molecule has 54 valence electrons. The zero-order valence-corrected chi connectivity index (χ0v) is 8.68. The van der Waals surface area contributed by atoms with Gasteiger partial charge in [0.15, 0.2) is 0 Å². The van der Waals surface area contributed by atoms with Gasteiger partial charge in [0.1, 0.15) is 0 Å². The van der Waals surface area contributed by atoms with Crippen molar-refractivity contribution < 1.29 is 0 Å². The number of hydrogen-bond donors (Lipinski definition) is 0. The number of nitrogens with zero attached hydrogens (tertiary/aromatic N) is 4. The predicted molar refractivity (Wildman–Crippen MR) is 44.5 cm³/mol. The molecule has 0 spiro atoms. The monoisotopic (exact) mass is 168 g/mol. The number of aromatic nitrogens is 4. The molecule has 5 heteroatoms.